The van der Waals surface area contributed by atoms with Crippen LogP contribution in [0, 0.1) is 17.0 Å². The van der Waals surface area contributed by atoms with Gasteiger partial charge in [-0.1, -0.05) is 59.6 Å². The lowest BCUT2D eigenvalue weighted by Crippen LogP contribution is -2.14. The van der Waals surface area contributed by atoms with Crippen molar-refractivity contribution in [2.75, 3.05) is 4.31 Å². The Morgan fingerprint density at radius 2 is 1.82 bits per heavy atom. The van der Waals surface area contributed by atoms with Gasteiger partial charge in [0.2, 0.25) is 0 Å². The first-order chi connectivity index (χ1) is 13.3. The predicted octanol–water partition coefficient (Wildman–Crippen LogP) is 6.63. The van der Waals surface area contributed by atoms with E-state index in [9.17, 15) is 15.2 Å². The van der Waals surface area contributed by atoms with Crippen LogP contribution in [0.5, 0.6) is 5.75 Å². The first-order valence-electron chi connectivity index (χ1n) is 8.27. The standard InChI is InChI=1S/C20H16Cl2N2O3S/c1-13-7-8-16(24(26)27)11-19(13)28-23(12-14-5-3-2-4-6-14)18-10-15(21)9-17(22)20(18)25/h2-11,25H,12H2,1H3. The first-order valence-corrected chi connectivity index (χ1v) is 9.80. The summed E-state index contributed by atoms with van der Waals surface area (Å²) < 4.78 is 1.81. The van der Waals surface area contributed by atoms with Crippen LogP contribution in [0.2, 0.25) is 10.0 Å². The Hall–Kier alpha value is -2.41. The van der Waals surface area contributed by atoms with Crippen molar-refractivity contribution in [2.24, 2.45) is 0 Å². The molecule has 0 saturated heterocycles. The van der Waals surface area contributed by atoms with Crippen LogP contribution in [0.15, 0.2) is 65.6 Å². The number of hydrogen-bond donors (Lipinski definition) is 1. The van der Waals surface area contributed by atoms with Gasteiger partial charge in [-0.3, -0.25) is 10.1 Å². The lowest BCUT2D eigenvalue weighted by atomic mass is 10.2. The van der Waals surface area contributed by atoms with Gasteiger partial charge in [-0.05, 0) is 42.1 Å². The minimum Gasteiger partial charge on any atom is -0.504 e. The van der Waals surface area contributed by atoms with Gasteiger partial charge >= 0.3 is 0 Å². The van der Waals surface area contributed by atoms with Crippen LogP contribution >= 0.6 is 35.1 Å². The summed E-state index contributed by atoms with van der Waals surface area (Å²) in [6.45, 7) is 2.30. The van der Waals surface area contributed by atoms with E-state index in [0.29, 0.717) is 22.2 Å². The number of hydrogen-bond acceptors (Lipinski definition) is 5. The zero-order valence-corrected chi connectivity index (χ0v) is 17.1. The van der Waals surface area contributed by atoms with Gasteiger partial charge in [0, 0.05) is 22.1 Å². The van der Waals surface area contributed by atoms with Crippen molar-refractivity contribution in [3.05, 3.63) is 92.0 Å². The average Bonchev–Trinajstić information content (AvgIpc) is 2.66. The minimum atomic E-state index is -0.432. The molecule has 0 bridgehead atoms. The van der Waals surface area contributed by atoms with E-state index in [1.807, 2.05) is 41.6 Å². The van der Waals surface area contributed by atoms with Gasteiger partial charge in [0.05, 0.1) is 22.2 Å². The number of nitro groups is 1. The van der Waals surface area contributed by atoms with Gasteiger partial charge in [-0.2, -0.15) is 0 Å². The number of nitro benzene ring substituents is 1. The van der Waals surface area contributed by atoms with Gasteiger partial charge in [-0.25, -0.2) is 0 Å². The zero-order valence-electron chi connectivity index (χ0n) is 14.8. The molecule has 0 saturated carbocycles. The molecule has 8 heteroatoms. The smallest absolute Gasteiger partial charge is 0.270 e. The van der Waals surface area contributed by atoms with Crippen LogP contribution < -0.4 is 4.31 Å². The number of nitrogens with zero attached hydrogens (tertiary/aromatic N) is 2. The minimum absolute atomic E-state index is 0.00103. The van der Waals surface area contributed by atoms with E-state index in [4.69, 9.17) is 23.2 Å². The van der Waals surface area contributed by atoms with E-state index in [-0.39, 0.29) is 16.5 Å². The molecule has 0 aliphatic rings. The SMILES string of the molecule is Cc1ccc([N+](=O)[O-])cc1SN(Cc1ccccc1)c1cc(Cl)cc(Cl)c1O. The monoisotopic (exact) mass is 434 g/mol. The molecule has 0 aliphatic heterocycles. The highest BCUT2D eigenvalue weighted by Crippen LogP contribution is 2.43. The number of aromatic hydroxyl groups is 1. The van der Waals surface area contributed by atoms with Crippen LogP contribution in [-0.2, 0) is 6.54 Å². The maximum absolute atomic E-state index is 11.2. The van der Waals surface area contributed by atoms with Crippen LogP contribution in [0.1, 0.15) is 11.1 Å². The number of halogens is 2. The van der Waals surface area contributed by atoms with E-state index in [2.05, 4.69) is 0 Å². The second-order valence-electron chi connectivity index (χ2n) is 6.08. The zero-order chi connectivity index (χ0) is 20.3. The second kappa shape index (κ2) is 8.73. The fourth-order valence-corrected chi connectivity index (χ4v) is 4.13. The quantitative estimate of drug-likeness (QED) is 0.267. The van der Waals surface area contributed by atoms with Gasteiger partial charge in [0.25, 0.3) is 5.69 Å². The molecule has 5 nitrogen and oxygen atoms in total. The van der Waals surface area contributed by atoms with Crippen molar-refractivity contribution in [1.82, 2.24) is 0 Å². The number of anilines is 1. The molecule has 0 unspecified atom stereocenters. The van der Waals surface area contributed by atoms with Crippen LogP contribution in [-0.4, -0.2) is 10.0 Å². The predicted molar refractivity (Wildman–Crippen MR) is 114 cm³/mol. The van der Waals surface area contributed by atoms with Crippen molar-refractivity contribution >= 4 is 46.5 Å². The first kappa shape index (κ1) is 20.3. The average molecular weight is 435 g/mol. The summed E-state index contributed by atoms with van der Waals surface area (Å²) in [5.74, 6) is -0.0995. The van der Waals surface area contributed by atoms with Crippen molar-refractivity contribution in [1.29, 1.82) is 0 Å². The summed E-state index contributed by atoms with van der Waals surface area (Å²) in [5, 5.41) is 22.2. The lowest BCUT2D eigenvalue weighted by molar-refractivity contribution is -0.385. The third-order valence-electron chi connectivity index (χ3n) is 4.04. The van der Waals surface area contributed by atoms with Crippen LogP contribution in [0.4, 0.5) is 11.4 Å². The fourth-order valence-electron chi connectivity index (χ4n) is 2.58. The summed E-state index contributed by atoms with van der Waals surface area (Å²) in [5.41, 5.74) is 2.30. The van der Waals surface area contributed by atoms with Crippen LogP contribution in [0.25, 0.3) is 0 Å². The number of phenolic OH excluding ortho intramolecular Hbond substituents is 1. The van der Waals surface area contributed by atoms with Gasteiger partial charge in [0.15, 0.2) is 5.75 Å². The Morgan fingerprint density at radius 1 is 1.11 bits per heavy atom. The highest BCUT2D eigenvalue weighted by atomic mass is 35.5. The molecule has 0 radical (unpaired) electrons. The molecule has 0 heterocycles. The summed E-state index contributed by atoms with van der Waals surface area (Å²) in [6.07, 6.45) is 0. The molecule has 3 rings (SSSR count). The maximum Gasteiger partial charge on any atom is 0.270 e. The highest BCUT2D eigenvalue weighted by Gasteiger charge is 2.19. The van der Waals surface area contributed by atoms with Crippen molar-refractivity contribution in [2.45, 2.75) is 18.4 Å². The molecule has 3 aromatic rings. The topological polar surface area (TPSA) is 66.6 Å². The molecule has 144 valence electrons. The van der Waals surface area contributed by atoms with Crippen molar-refractivity contribution in [3.63, 3.8) is 0 Å². The summed E-state index contributed by atoms with van der Waals surface area (Å²) in [7, 11) is 0. The molecular weight excluding hydrogens is 419 g/mol. The normalized spacial score (nSPS) is 10.7. The van der Waals surface area contributed by atoms with Gasteiger partial charge in [0.1, 0.15) is 0 Å². The fraction of sp³-hybridized carbons (Fsp3) is 0.100. The summed E-state index contributed by atoms with van der Waals surface area (Å²) >= 11 is 13.5. The number of phenols is 1. The number of aryl methyl sites for hydroxylation is 1. The van der Waals surface area contributed by atoms with Crippen molar-refractivity contribution < 1.29 is 10.0 Å². The van der Waals surface area contributed by atoms with Crippen LogP contribution in [0.3, 0.4) is 0 Å². The molecule has 0 aliphatic carbocycles. The largest absolute Gasteiger partial charge is 0.504 e. The molecule has 28 heavy (non-hydrogen) atoms. The van der Waals surface area contributed by atoms with E-state index in [1.165, 1.54) is 30.1 Å². The molecule has 0 atom stereocenters. The molecule has 0 aromatic heterocycles. The van der Waals surface area contributed by atoms with Crippen molar-refractivity contribution in [3.8, 4) is 5.75 Å². The number of benzene rings is 3. The molecule has 1 N–H and O–H groups in total. The molecular formula is C20H16Cl2N2O3S. The van der Waals surface area contributed by atoms with E-state index < -0.39 is 4.92 Å². The van der Waals surface area contributed by atoms with E-state index >= 15 is 0 Å². The molecule has 0 spiro atoms. The molecule has 0 amide bonds. The Bertz CT molecular complexity index is 1020. The number of non-ortho nitro benzene ring substituents is 1. The Kier molecular flexibility index (Phi) is 6.34. The second-order valence-corrected chi connectivity index (χ2v) is 7.98. The van der Waals surface area contributed by atoms with E-state index in [0.717, 1.165) is 11.1 Å². The summed E-state index contributed by atoms with van der Waals surface area (Å²) in [6, 6.07) is 17.4. The Labute approximate surface area is 176 Å². The Morgan fingerprint density at radius 3 is 2.50 bits per heavy atom. The summed E-state index contributed by atoms with van der Waals surface area (Å²) in [4.78, 5) is 11.4. The van der Waals surface area contributed by atoms with Gasteiger partial charge in [-0.15, -0.1) is 0 Å². The third kappa shape index (κ3) is 4.70. The Balaban J connectivity index is 2.05. The lowest BCUT2D eigenvalue weighted by Gasteiger charge is -2.25. The third-order valence-corrected chi connectivity index (χ3v) is 5.73. The highest BCUT2D eigenvalue weighted by molar-refractivity contribution is 8.00. The van der Waals surface area contributed by atoms with E-state index in [1.54, 1.807) is 12.1 Å². The molecule has 0 fully saturated rings. The molecule has 3 aromatic carbocycles. The maximum atomic E-state index is 11.2. The van der Waals surface area contributed by atoms with Gasteiger partial charge < -0.3 is 9.41 Å². The number of rotatable bonds is 6.